The highest BCUT2D eigenvalue weighted by Crippen LogP contribution is 2.16. The third kappa shape index (κ3) is 2.91. The lowest BCUT2D eigenvalue weighted by Gasteiger charge is -1.98. The number of benzene rings is 1. The number of nitrogens with two attached hydrogens (primary N) is 1. The maximum atomic E-state index is 5.46. The molecule has 1 heterocycles. The standard InChI is InChI=1S/C13H18N4/c1-2-11-4-6-12(7-5-11)13-10-17(16-15-13)9-3-8-14/h4-7,10H,2-3,8-9,14H2,1H3. The lowest BCUT2D eigenvalue weighted by molar-refractivity contribution is 0.564. The van der Waals surface area contributed by atoms with E-state index in [1.165, 1.54) is 5.56 Å². The van der Waals surface area contributed by atoms with Gasteiger partial charge in [-0.15, -0.1) is 5.10 Å². The van der Waals surface area contributed by atoms with Gasteiger partial charge in [0.15, 0.2) is 0 Å². The van der Waals surface area contributed by atoms with Gasteiger partial charge in [-0.25, -0.2) is 0 Å². The van der Waals surface area contributed by atoms with Crippen LogP contribution < -0.4 is 5.73 Å². The number of hydrogen-bond donors (Lipinski definition) is 1. The van der Waals surface area contributed by atoms with Crippen LogP contribution in [0.1, 0.15) is 18.9 Å². The molecule has 2 N–H and O–H groups in total. The minimum Gasteiger partial charge on any atom is -0.330 e. The van der Waals surface area contributed by atoms with Crippen LogP contribution in [0.5, 0.6) is 0 Å². The van der Waals surface area contributed by atoms with Crippen LogP contribution in [0.3, 0.4) is 0 Å². The van der Waals surface area contributed by atoms with Crippen molar-refractivity contribution in [3.05, 3.63) is 36.0 Å². The van der Waals surface area contributed by atoms with Gasteiger partial charge < -0.3 is 5.73 Å². The fraction of sp³-hybridized carbons (Fsp3) is 0.385. The van der Waals surface area contributed by atoms with Gasteiger partial charge in [0.1, 0.15) is 5.69 Å². The monoisotopic (exact) mass is 230 g/mol. The summed E-state index contributed by atoms with van der Waals surface area (Å²) in [5.41, 5.74) is 8.84. The average molecular weight is 230 g/mol. The Hall–Kier alpha value is -1.68. The summed E-state index contributed by atoms with van der Waals surface area (Å²) >= 11 is 0. The van der Waals surface area contributed by atoms with Crippen LogP contribution in [-0.2, 0) is 13.0 Å². The zero-order valence-electron chi connectivity index (χ0n) is 10.1. The molecule has 2 rings (SSSR count). The summed E-state index contributed by atoms with van der Waals surface area (Å²) in [6, 6.07) is 8.45. The predicted molar refractivity (Wildman–Crippen MR) is 68.5 cm³/mol. The van der Waals surface area contributed by atoms with Gasteiger partial charge in [-0.1, -0.05) is 36.4 Å². The Balaban J connectivity index is 2.12. The molecule has 0 unspecified atom stereocenters. The van der Waals surface area contributed by atoms with Gasteiger partial charge in [-0.2, -0.15) is 0 Å². The van der Waals surface area contributed by atoms with Gasteiger partial charge in [0.25, 0.3) is 0 Å². The third-order valence-electron chi connectivity index (χ3n) is 2.79. The number of nitrogens with zero attached hydrogens (tertiary/aromatic N) is 3. The van der Waals surface area contributed by atoms with E-state index < -0.39 is 0 Å². The molecule has 0 amide bonds. The highest BCUT2D eigenvalue weighted by atomic mass is 15.4. The van der Waals surface area contributed by atoms with Crippen LogP contribution in [0.4, 0.5) is 0 Å². The Morgan fingerprint density at radius 3 is 2.65 bits per heavy atom. The van der Waals surface area contributed by atoms with Crippen LogP contribution in [0.15, 0.2) is 30.5 Å². The van der Waals surface area contributed by atoms with Crippen LogP contribution in [0, 0.1) is 0 Å². The van der Waals surface area contributed by atoms with E-state index in [4.69, 9.17) is 5.73 Å². The molecule has 0 bridgehead atoms. The smallest absolute Gasteiger partial charge is 0.113 e. The lowest BCUT2D eigenvalue weighted by Crippen LogP contribution is -2.06. The molecule has 17 heavy (non-hydrogen) atoms. The van der Waals surface area contributed by atoms with Gasteiger partial charge in [-0.3, -0.25) is 4.68 Å². The summed E-state index contributed by atoms with van der Waals surface area (Å²) in [6.07, 6.45) is 3.96. The fourth-order valence-electron chi connectivity index (χ4n) is 1.70. The van der Waals surface area contributed by atoms with Gasteiger partial charge >= 0.3 is 0 Å². The van der Waals surface area contributed by atoms with Crippen molar-refractivity contribution >= 4 is 0 Å². The van der Waals surface area contributed by atoms with Gasteiger partial charge in [-0.05, 0) is 24.9 Å². The molecule has 4 nitrogen and oxygen atoms in total. The lowest BCUT2D eigenvalue weighted by atomic mass is 10.1. The minimum atomic E-state index is 0.681. The SMILES string of the molecule is CCc1ccc(-c2cn(CCCN)nn2)cc1. The zero-order valence-corrected chi connectivity index (χ0v) is 10.1. The first-order valence-electron chi connectivity index (χ1n) is 6.03. The molecule has 0 fully saturated rings. The predicted octanol–water partition coefficient (Wildman–Crippen LogP) is 1.86. The Bertz CT molecular complexity index is 459. The second-order valence-electron chi connectivity index (χ2n) is 4.06. The summed E-state index contributed by atoms with van der Waals surface area (Å²) in [7, 11) is 0. The zero-order chi connectivity index (χ0) is 12.1. The van der Waals surface area contributed by atoms with Gasteiger partial charge in [0, 0.05) is 12.1 Å². The van der Waals surface area contributed by atoms with Gasteiger partial charge in [0.2, 0.25) is 0 Å². The van der Waals surface area contributed by atoms with Crippen molar-refractivity contribution in [2.24, 2.45) is 5.73 Å². The van der Waals surface area contributed by atoms with Crippen molar-refractivity contribution < 1.29 is 0 Å². The molecular formula is C13H18N4. The van der Waals surface area contributed by atoms with E-state index in [0.717, 1.165) is 30.6 Å². The number of aryl methyl sites for hydroxylation is 2. The maximum Gasteiger partial charge on any atom is 0.113 e. The van der Waals surface area contributed by atoms with E-state index in [1.807, 2.05) is 10.9 Å². The van der Waals surface area contributed by atoms with E-state index in [2.05, 4.69) is 41.5 Å². The molecule has 0 aliphatic rings. The van der Waals surface area contributed by atoms with E-state index >= 15 is 0 Å². The summed E-state index contributed by atoms with van der Waals surface area (Å²) < 4.78 is 1.84. The first-order chi connectivity index (χ1) is 8.33. The highest BCUT2D eigenvalue weighted by Gasteiger charge is 2.03. The average Bonchev–Trinajstić information content (AvgIpc) is 2.85. The molecular weight excluding hydrogens is 212 g/mol. The highest BCUT2D eigenvalue weighted by molar-refractivity contribution is 5.57. The molecule has 0 spiro atoms. The van der Waals surface area contributed by atoms with Crippen LogP contribution in [0.25, 0.3) is 11.3 Å². The largest absolute Gasteiger partial charge is 0.330 e. The van der Waals surface area contributed by atoms with E-state index in [1.54, 1.807) is 0 Å². The van der Waals surface area contributed by atoms with Crippen molar-refractivity contribution in [2.45, 2.75) is 26.3 Å². The quantitative estimate of drug-likeness (QED) is 0.853. The van der Waals surface area contributed by atoms with E-state index in [0.29, 0.717) is 6.54 Å². The van der Waals surface area contributed by atoms with Crippen molar-refractivity contribution in [3.63, 3.8) is 0 Å². The molecule has 2 aromatic rings. The molecule has 0 atom stereocenters. The first-order valence-corrected chi connectivity index (χ1v) is 6.03. The minimum absolute atomic E-state index is 0.681. The molecule has 90 valence electrons. The Kier molecular flexibility index (Phi) is 3.88. The second-order valence-corrected chi connectivity index (χ2v) is 4.06. The number of aromatic nitrogens is 3. The van der Waals surface area contributed by atoms with Gasteiger partial charge in [0.05, 0.1) is 6.20 Å². The molecule has 4 heteroatoms. The number of hydrogen-bond acceptors (Lipinski definition) is 3. The first kappa shape index (κ1) is 11.8. The molecule has 1 aromatic carbocycles. The molecule has 0 aliphatic carbocycles. The fourth-order valence-corrected chi connectivity index (χ4v) is 1.70. The molecule has 0 aliphatic heterocycles. The summed E-state index contributed by atoms with van der Waals surface area (Å²) in [4.78, 5) is 0. The Labute approximate surface area is 101 Å². The normalized spacial score (nSPS) is 10.7. The third-order valence-corrected chi connectivity index (χ3v) is 2.79. The summed E-state index contributed by atoms with van der Waals surface area (Å²) in [5.74, 6) is 0. The molecule has 1 aromatic heterocycles. The van der Waals surface area contributed by atoms with Crippen molar-refractivity contribution in [1.29, 1.82) is 0 Å². The van der Waals surface area contributed by atoms with Crippen molar-refractivity contribution in [2.75, 3.05) is 6.54 Å². The van der Waals surface area contributed by atoms with Crippen molar-refractivity contribution in [3.8, 4) is 11.3 Å². The topological polar surface area (TPSA) is 56.7 Å². The van der Waals surface area contributed by atoms with E-state index in [-0.39, 0.29) is 0 Å². The van der Waals surface area contributed by atoms with Crippen molar-refractivity contribution in [1.82, 2.24) is 15.0 Å². The molecule has 0 radical (unpaired) electrons. The molecule has 0 saturated heterocycles. The summed E-state index contributed by atoms with van der Waals surface area (Å²) in [5, 5.41) is 8.25. The Morgan fingerprint density at radius 2 is 2.00 bits per heavy atom. The second kappa shape index (κ2) is 5.59. The van der Waals surface area contributed by atoms with Crippen LogP contribution in [-0.4, -0.2) is 21.5 Å². The van der Waals surface area contributed by atoms with E-state index in [9.17, 15) is 0 Å². The number of rotatable bonds is 5. The summed E-state index contributed by atoms with van der Waals surface area (Å²) in [6.45, 7) is 3.66. The molecule has 0 saturated carbocycles. The van der Waals surface area contributed by atoms with Crippen LogP contribution in [0.2, 0.25) is 0 Å². The Morgan fingerprint density at radius 1 is 1.24 bits per heavy atom. The maximum absolute atomic E-state index is 5.46. The van der Waals surface area contributed by atoms with Crippen LogP contribution >= 0.6 is 0 Å².